The molecule has 0 aliphatic carbocycles. The summed E-state index contributed by atoms with van der Waals surface area (Å²) < 4.78 is 112. The summed E-state index contributed by atoms with van der Waals surface area (Å²) in [6.07, 6.45) is 9.62. The van der Waals surface area contributed by atoms with Crippen molar-refractivity contribution < 1.29 is 53.0 Å². The third kappa shape index (κ3) is 7.82. The normalized spacial score (nSPS) is 19.0. The molecule has 2 bridgehead atoms. The molecule has 1 saturated heterocycles. The topological polar surface area (TPSA) is 203 Å². The predicted molar refractivity (Wildman–Crippen MR) is 231 cm³/mol. The van der Waals surface area contributed by atoms with Gasteiger partial charge in [-0.3, -0.25) is 18.8 Å². The number of allylic oxidation sites excluding steroid dienone is 2. The molecule has 0 amide bonds. The van der Waals surface area contributed by atoms with Gasteiger partial charge in [-0.2, -0.15) is 21.4 Å². The number of carbonyl (C=O) groups is 1. The molecule has 8 rings (SSSR count). The highest BCUT2D eigenvalue weighted by atomic mass is 32.2. The number of likely N-dealkylation sites (N-methyl/N-ethyl adjacent to an activating group) is 1. The highest BCUT2D eigenvalue weighted by molar-refractivity contribution is 8.03. The van der Waals surface area contributed by atoms with Crippen molar-refractivity contribution in [1.29, 1.82) is 0 Å². The predicted octanol–water partition coefficient (Wildman–Crippen LogP) is 6.00. The number of ether oxygens (including phenoxy) is 1. The Morgan fingerprint density at radius 2 is 1.39 bits per heavy atom. The van der Waals surface area contributed by atoms with Crippen LogP contribution in [-0.4, -0.2) is 88.8 Å². The first-order valence-corrected chi connectivity index (χ1v) is 24.2. The van der Waals surface area contributed by atoms with Crippen LogP contribution in [0.15, 0.2) is 128 Å². The van der Waals surface area contributed by atoms with Gasteiger partial charge < -0.3 is 14.2 Å². The first kappa shape index (κ1) is 42.5. The van der Waals surface area contributed by atoms with Gasteiger partial charge in [-0.15, -0.1) is 11.8 Å². The van der Waals surface area contributed by atoms with Gasteiger partial charge in [0.1, 0.15) is 23.8 Å². The van der Waals surface area contributed by atoms with E-state index in [0.29, 0.717) is 45.8 Å². The van der Waals surface area contributed by atoms with Gasteiger partial charge in [0.25, 0.3) is 26.7 Å². The summed E-state index contributed by atoms with van der Waals surface area (Å²) in [5.41, 5.74) is 6.75. The SMILES string of the molecule is CN1c2cc(S(=O)(=O)O)ccc2C(=C/C=C2C(SCCOC=O)=C(/C=C/c3c4ccccc4[n+](C)c4cc(S(=O)(=O)[O-])ccc34)C3CCC/2N3C)c2ccc(S(=O)(=O)O)cc21. The molecule has 0 spiro atoms. The molecule has 3 aliphatic heterocycles. The number of para-hydroxylation sites is 1. The number of thioether (sulfide) groups is 1. The number of benzene rings is 4. The smallest absolute Gasteiger partial charge is 0.294 e. The summed E-state index contributed by atoms with van der Waals surface area (Å²) in [6, 6.07) is 20.4. The Labute approximate surface area is 357 Å². The number of aromatic nitrogens is 1. The van der Waals surface area contributed by atoms with Gasteiger partial charge in [0.15, 0.2) is 0 Å². The lowest BCUT2D eigenvalue weighted by Crippen LogP contribution is -2.39. The summed E-state index contributed by atoms with van der Waals surface area (Å²) in [5, 5.41) is 1.64. The Bertz CT molecular complexity index is 3070. The zero-order chi connectivity index (χ0) is 43.6. The van der Waals surface area contributed by atoms with Crippen LogP contribution in [0.2, 0.25) is 0 Å². The van der Waals surface area contributed by atoms with Gasteiger partial charge in [0.05, 0.1) is 36.8 Å². The summed E-state index contributed by atoms with van der Waals surface area (Å²) >= 11 is 1.54. The Kier molecular flexibility index (Phi) is 11.1. The van der Waals surface area contributed by atoms with E-state index in [2.05, 4.69) is 18.0 Å². The number of hydrogen-bond donors (Lipinski definition) is 2. The van der Waals surface area contributed by atoms with E-state index in [1.165, 1.54) is 48.2 Å². The average molecular weight is 902 g/mol. The maximum Gasteiger partial charge on any atom is 0.294 e. The Balaban J connectivity index is 1.34. The van der Waals surface area contributed by atoms with Gasteiger partial charge in [0, 0.05) is 58.6 Å². The average Bonchev–Trinajstić information content (AvgIpc) is 3.51. The van der Waals surface area contributed by atoms with Crippen LogP contribution < -0.4 is 9.47 Å². The zero-order valence-corrected chi connectivity index (χ0v) is 36.2. The van der Waals surface area contributed by atoms with E-state index in [1.54, 1.807) is 30.1 Å². The van der Waals surface area contributed by atoms with E-state index in [1.807, 2.05) is 54.1 Å². The molecule has 2 unspecified atom stereocenters. The number of carbonyl (C=O) groups excluding carboxylic acids is 1. The van der Waals surface area contributed by atoms with Gasteiger partial charge in [-0.05, 0) is 79.1 Å². The second-order valence-corrected chi connectivity index (χ2v) is 20.2. The maximum atomic E-state index is 12.2. The monoisotopic (exact) mass is 901 g/mol. The van der Waals surface area contributed by atoms with Crippen molar-refractivity contribution in [3.05, 3.63) is 130 Å². The van der Waals surface area contributed by atoms with E-state index in [0.717, 1.165) is 50.7 Å². The minimum absolute atomic E-state index is 0.0117. The molecule has 0 radical (unpaired) electrons. The van der Waals surface area contributed by atoms with Crippen molar-refractivity contribution in [2.45, 2.75) is 39.6 Å². The lowest BCUT2D eigenvalue weighted by molar-refractivity contribution is -0.617. The van der Waals surface area contributed by atoms with Gasteiger partial charge in [-0.25, -0.2) is 8.42 Å². The van der Waals surface area contributed by atoms with Crippen LogP contribution in [0.1, 0.15) is 29.5 Å². The standard InChI is InChI=1S/C43H39N3O11S4/c1-44-38-18-19-39(44)36(17-15-30-33-12-9-27(60(51,52)53)23-41(33)46(3)42-24-28(61(54,55)56)10-13-34(30)42)43(58-21-20-57-25-47)35(38)16-14-29-31-6-4-5-7-37(31)45(2)40-22-26(59(48,49)50)8-11-32(29)40/h4-17,22-25,38-39H,18-21H2,1-3H3,(H2-,48,49,50,51,52,53,54,55,56). The lowest BCUT2D eigenvalue weighted by atomic mass is 9.89. The highest BCUT2D eigenvalue weighted by Gasteiger charge is 2.41. The second kappa shape index (κ2) is 15.9. The van der Waals surface area contributed by atoms with Crippen molar-refractivity contribution in [3.63, 3.8) is 0 Å². The molecule has 1 aromatic heterocycles. The summed E-state index contributed by atoms with van der Waals surface area (Å²) in [5.74, 6) is 0.440. The molecule has 3 aliphatic rings. The van der Waals surface area contributed by atoms with Crippen molar-refractivity contribution in [2.24, 2.45) is 7.05 Å². The van der Waals surface area contributed by atoms with Gasteiger partial charge >= 0.3 is 0 Å². The van der Waals surface area contributed by atoms with Crippen LogP contribution in [0.4, 0.5) is 11.4 Å². The van der Waals surface area contributed by atoms with Crippen molar-refractivity contribution in [2.75, 3.05) is 31.4 Å². The molecule has 1 fully saturated rings. The number of rotatable bonds is 11. The van der Waals surface area contributed by atoms with Crippen LogP contribution in [-0.2, 0) is 46.9 Å². The molecular weight excluding hydrogens is 863 g/mol. The fourth-order valence-corrected chi connectivity index (χ4v) is 11.3. The van der Waals surface area contributed by atoms with Crippen LogP contribution in [0.25, 0.3) is 33.5 Å². The van der Waals surface area contributed by atoms with Crippen LogP contribution in [0, 0.1) is 0 Å². The van der Waals surface area contributed by atoms with Crippen LogP contribution in [0.3, 0.4) is 0 Å². The largest absolute Gasteiger partial charge is 0.744 e. The molecule has 18 heteroatoms. The summed E-state index contributed by atoms with van der Waals surface area (Å²) in [6.45, 7) is 0.559. The summed E-state index contributed by atoms with van der Waals surface area (Å²) in [7, 11) is -8.41. The van der Waals surface area contributed by atoms with Crippen LogP contribution in [0.5, 0.6) is 0 Å². The van der Waals surface area contributed by atoms with Crippen molar-refractivity contribution in [1.82, 2.24) is 4.90 Å². The third-order valence-electron chi connectivity index (χ3n) is 11.6. The quantitative estimate of drug-likeness (QED) is 0.0513. The minimum Gasteiger partial charge on any atom is -0.744 e. The zero-order valence-electron chi connectivity index (χ0n) is 32.9. The lowest BCUT2D eigenvalue weighted by Gasteiger charge is -2.36. The summed E-state index contributed by atoms with van der Waals surface area (Å²) in [4.78, 5) is 15.0. The molecular formula is C43H39N3O11S4. The van der Waals surface area contributed by atoms with E-state index in [4.69, 9.17) is 4.74 Å². The minimum atomic E-state index is -4.72. The first-order chi connectivity index (χ1) is 28.9. The van der Waals surface area contributed by atoms with Crippen LogP contribution >= 0.6 is 11.8 Å². The number of hydrogen-bond acceptors (Lipinski definition) is 12. The molecule has 316 valence electrons. The van der Waals surface area contributed by atoms with Gasteiger partial charge in [0.2, 0.25) is 11.0 Å². The number of fused-ring (bicyclic) bond motifs is 6. The third-order valence-corrected chi connectivity index (χ3v) is 15.3. The number of nitrogens with zero attached hydrogens (tertiary/aromatic N) is 3. The molecule has 14 nitrogen and oxygen atoms in total. The van der Waals surface area contributed by atoms with Crippen molar-refractivity contribution >= 4 is 93.4 Å². The number of anilines is 2. The van der Waals surface area contributed by atoms with Gasteiger partial charge in [-0.1, -0.05) is 48.6 Å². The van der Waals surface area contributed by atoms with E-state index >= 15 is 0 Å². The van der Waals surface area contributed by atoms with Crippen molar-refractivity contribution in [3.8, 4) is 0 Å². The molecule has 2 atom stereocenters. The molecule has 2 N–H and O–H groups in total. The Hall–Kier alpha value is -5.18. The van der Waals surface area contributed by atoms with E-state index in [9.17, 15) is 43.7 Å². The van der Waals surface area contributed by atoms with E-state index in [-0.39, 0.29) is 33.4 Å². The van der Waals surface area contributed by atoms with E-state index < -0.39 is 30.4 Å². The first-order valence-electron chi connectivity index (χ1n) is 18.9. The molecule has 5 aromatic rings. The number of aryl methyl sites for hydroxylation is 1. The molecule has 4 aromatic carbocycles. The fourth-order valence-electron chi connectivity index (χ4n) is 8.71. The Morgan fingerprint density at radius 3 is 2.02 bits per heavy atom. The number of pyridine rings is 1. The highest BCUT2D eigenvalue weighted by Crippen LogP contribution is 2.49. The Morgan fingerprint density at radius 1 is 0.787 bits per heavy atom. The molecule has 61 heavy (non-hydrogen) atoms. The second-order valence-electron chi connectivity index (χ2n) is 14.9. The fraction of sp³-hybridized carbons (Fsp3) is 0.209. The maximum absolute atomic E-state index is 12.2. The molecule has 4 heterocycles. The molecule has 0 saturated carbocycles.